The summed E-state index contributed by atoms with van der Waals surface area (Å²) in [6.45, 7) is 1.31. The first-order chi connectivity index (χ1) is 16.8. The summed E-state index contributed by atoms with van der Waals surface area (Å²) in [7, 11) is 0. The zero-order valence-electron chi connectivity index (χ0n) is 20.7. The molecule has 11 nitrogen and oxygen atoms in total. The van der Waals surface area contributed by atoms with Crippen molar-refractivity contribution in [2.75, 3.05) is 19.8 Å². The van der Waals surface area contributed by atoms with E-state index in [1.54, 1.807) is 0 Å². The van der Waals surface area contributed by atoms with Gasteiger partial charge in [-0.05, 0) is 6.42 Å². The molecule has 0 aromatic heterocycles. The first kappa shape index (κ1) is 30.8. The van der Waals surface area contributed by atoms with Crippen LogP contribution in [0.25, 0.3) is 0 Å². The standard InChI is InChI=1S/C24H46O11/c1-2-3-4-5-6-7-8-9-10-11-12-32-23-21(31)19(29)22(16(14-26)34-23)35-24-20(30)18(28)17(27)15(13-25)33-24/h15-31H,2-14H2,1H3/t15-,16-,17+,18+,19-,20-,21-,22-,23-,24+/m1/s1. The fourth-order valence-corrected chi connectivity index (χ4v) is 4.48. The van der Waals surface area contributed by atoms with E-state index >= 15 is 0 Å². The molecule has 2 aliphatic heterocycles. The number of unbranched alkanes of at least 4 members (excludes halogenated alkanes) is 9. The smallest absolute Gasteiger partial charge is 0.187 e. The van der Waals surface area contributed by atoms with E-state index in [0.29, 0.717) is 6.61 Å². The molecule has 35 heavy (non-hydrogen) atoms. The molecule has 0 radical (unpaired) electrons. The largest absolute Gasteiger partial charge is 0.394 e. The van der Waals surface area contributed by atoms with Crippen LogP contribution in [0.15, 0.2) is 0 Å². The van der Waals surface area contributed by atoms with Gasteiger partial charge in [-0.2, -0.15) is 0 Å². The molecule has 2 fully saturated rings. The summed E-state index contributed by atoms with van der Waals surface area (Å²) < 4.78 is 22.0. The van der Waals surface area contributed by atoms with Crippen molar-refractivity contribution in [3.8, 4) is 0 Å². The summed E-state index contributed by atoms with van der Waals surface area (Å²) in [6.07, 6.45) is -2.63. The molecule has 11 heteroatoms. The highest BCUT2D eigenvalue weighted by Crippen LogP contribution is 2.29. The molecule has 0 unspecified atom stereocenters. The Morgan fingerprint density at radius 3 is 1.66 bits per heavy atom. The average molecular weight is 511 g/mol. The molecule has 10 atom stereocenters. The molecular formula is C24H46O11. The van der Waals surface area contributed by atoms with E-state index in [2.05, 4.69) is 6.92 Å². The lowest BCUT2D eigenvalue weighted by Crippen LogP contribution is -2.64. The lowest BCUT2D eigenvalue weighted by molar-refractivity contribution is -0.359. The second-order valence-electron chi connectivity index (χ2n) is 9.56. The third kappa shape index (κ3) is 9.11. The van der Waals surface area contributed by atoms with Crippen molar-refractivity contribution in [2.24, 2.45) is 0 Å². The first-order valence-electron chi connectivity index (χ1n) is 13.1. The van der Waals surface area contributed by atoms with Crippen molar-refractivity contribution < 1.29 is 54.7 Å². The van der Waals surface area contributed by atoms with Gasteiger partial charge in [-0.1, -0.05) is 64.7 Å². The summed E-state index contributed by atoms with van der Waals surface area (Å²) in [6, 6.07) is 0. The van der Waals surface area contributed by atoms with Gasteiger partial charge < -0.3 is 54.7 Å². The second kappa shape index (κ2) is 16.4. The van der Waals surface area contributed by atoms with Crippen molar-refractivity contribution in [1.82, 2.24) is 0 Å². The molecule has 0 aromatic carbocycles. The average Bonchev–Trinajstić information content (AvgIpc) is 2.86. The van der Waals surface area contributed by atoms with Gasteiger partial charge in [-0.25, -0.2) is 0 Å². The van der Waals surface area contributed by atoms with E-state index in [1.807, 2.05) is 0 Å². The Labute approximate surface area is 207 Å². The maximum absolute atomic E-state index is 10.6. The molecule has 2 aliphatic rings. The lowest BCUT2D eigenvalue weighted by Gasteiger charge is -2.45. The van der Waals surface area contributed by atoms with Crippen molar-refractivity contribution in [2.45, 2.75) is 133 Å². The van der Waals surface area contributed by atoms with Gasteiger partial charge in [0, 0.05) is 6.61 Å². The Kier molecular flexibility index (Phi) is 14.4. The van der Waals surface area contributed by atoms with Crippen LogP contribution in [0.1, 0.15) is 71.1 Å². The van der Waals surface area contributed by atoms with E-state index in [4.69, 9.17) is 18.9 Å². The number of ether oxygens (including phenoxy) is 4. The number of rotatable bonds is 16. The van der Waals surface area contributed by atoms with E-state index in [1.165, 1.54) is 44.9 Å². The van der Waals surface area contributed by atoms with Crippen LogP contribution < -0.4 is 0 Å². The van der Waals surface area contributed by atoms with Crippen LogP contribution in [0.4, 0.5) is 0 Å². The molecule has 208 valence electrons. The topological polar surface area (TPSA) is 179 Å². The molecule has 0 aliphatic carbocycles. The molecule has 2 saturated heterocycles. The SMILES string of the molecule is CCCCCCCCCCCCO[C@@H]1O[C@H](CO)[C@@H](O[C@@H]2O[C@H](CO)[C@H](O)[C@H](O)[C@H]2O)[C@H](O)[C@H]1O. The Balaban J connectivity index is 1.74. The summed E-state index contributed by atoms with van der Waals surface area (Å²) >= 11 is 0. The Bertz CT molecular complexity index is 550. The number of hydrogen-bond donors (Lipinski definition) is 7. The highest BCUT2D eigenvalue weighted by Gasteiger charge is 2.50. The van der Waals surface area contributed by atoms with Crippen molar-refractivity contribution in [3.63, 3.8) is 0 Å². The number of hydrogen-bond acceptors (Lipinski definition) is 11. The van der Waals surface area contributed by atoms with Gasteiger partial charge in [0.2, 0.25) is 0 Å². The van der Waals surface area contributed by atoms with E-state index in [9.17, 15) is 35.7 Å². The quantitative estimate of drug-likeness (QED) is 0.134. The van der Waals surface area contributed by atoms with E-state index < -0.39 is 74.6 Å². The zero-order valence-corrected chi connectivity index (χ0v) is 20.7. The van der Waals surface area contributed by atoms with Gasteiger partial charge in [0.25, 0.3) is 0 Å². The van der Waals surface area contributed by atoms with E-state index in [0.717, 1.165) is 19.3 Å². The molecule has 0 saturated carbocycles. The molecule has 7 N–H and O–H groups in total. The molecule has 0 aromatic rings. The summed E-state index contributed by atoms with van der Waals surface area (Å²) in [5, 5.41) is 70.1. The summed E-state index contributed by atoms with van der Waals surface area (Å²) in [5.41, 5.74) is 0. The first-order valence-corrected chi connectivity index (χ1v) is 13.1. The monoisotopic (exact) mass is 510 g/mol. The molecule has 2 rings (SSSR count). The maximum atomic E-state index is 10.6. The van der Waals surface area contributed by atoms with Crippen molar-refractivity contribution in [1.29, 1.82) is 0 Å². The third-order valence-corrected chi connectivity index (χ3v) is 6.74. The van der Waals surface area contributed by atoms with Crippen LogP contribution in [0, 0.1) is 0 Å². The lowest BCUT2D eigenvalue weighted by atomic mass is 9.97. The van der Waals surface area contributed by atoms with Crippen LogP contribution in [-0.4, -0.2) is 117 Å². The molecule has 0 bridgehead atoms. The molecule has 2 heterocycles. The minimum absolute atomic E-state index is 0.321. The van der Waals surface area contributed by atoms with Gasteiger partial charge in [0.1, 0.15) is 48.8 Å². The fraction of sp³-hybridized carbons (Fsp3) is 1.00. The maximum Gasteiger partial charge on any atom is 0.187 e. The number of aliphatic hydroxyl groups is 7. The van der Waals surface area contributed by atoms with Crippen molar-refractivity contribution in [3.05, 3.63) is 0 Å². The van der Waals surface area contributed by atoms with Crippen LogP contribution in [0.2, 0.25) is 0 Å². The minimum Gasteiger partial charge on any atom is -0.394 e. The highest BCUT2D eigenvalue weighted by atomic mass is 16.7. The molecular weight excluding hydrogens is 464 g/mol. The van der Waals surface area contributed by atoms with Gasteiger partial charge in [0.15, 0.2) is 12.6 Å². The zero-order chi connectivity index (χ0) is 25.8. The Morgan fingerprint density at radius 1 is 0.571 bits per heavy atom. The Morgan fingerprint density at radius 2 is 1.09 bits per heavy atom. The van der Waals surface area contributed by atoms with Gasteiger partial charge in [-0.3, -0.25) is 0 Å². The van der Waals surface area contributed by atoms with Gasteiger partial charge in [-0.15, -0.1) is 0 Å². The predicted octanol–water partition coefficient (Wildman–Crippen LogP) is -0.452. The minimum atomic E-state index is -1.69. The van der Waals surface area contributed by atoms with Gasteiger partial charge in [0.05, 0.1) is 13.2 Å². The van der Waals surface area contributed by atoms with E-state index in [-0.39, 0.29) is 0 Å². The molecule has 0 amide bonds. The van der Waals surface area contributed by atoms with Crippen LogP contribution in [0.5, 0.6) is 0 Å². The normalized spacial score (nSPS) is 38.1. The summed E-state index contributed by atoms with van der Waals surface area (Å²) in [4.78, 5) is 0. The van der Waals surface area contributed by atoms with Crippen LogP contribution >= 0.6 is 0 Å². The summed E-state index contributed by atoms with van der Waals surface area (Å²) in [5.74, 6) is 0. The molecule has 0 spiro atoms. The Hall–Kier alpha value is -0.440. The number of aliphatic hydroxyl groups excluding tert-OH is 7. The highest BCUT2D eigenvalue weighted by molar-refractivity contribution is 4.94. The predicted molar refractivity (Wildman–Crippen MR) is 124 cm³/mol. The van der Waals surface area contributed by atoms with Crippen molar-refractivity contribution >= 4 is 0 Å². The second-order valence-corrected chi connectivity index (χ2v) is 9.56. The van der Waals surface area contributed by atoms with Gasteiger partial charge >= 0.3 is 0 Å². The van der Waals surface area contributed by atoms with Crippen LogP contribution in [-0.2, 0) is 18.9 Å². The fourth-order valence-electron chi connectivity index (χ4n) is 4.48. The third-order valence-electron chi connectivity index (χ3n) is 6.74. The van der Waals surface area contributed by atoms with Crippen LogP contribution in [0.3, 0.4) is 0 Å².